The fourth-order valence-electron chi connectivity index (χ4n) is 2.78. The molecular formula is C20H30N4OS. The topological polar surface area (TPSA) is 59.8 Å². The van der Waals surface area contributed by atoms with Crippen molar-refractivity contribution in [1.29, 1.82) is 0 Å². The van der Waals surface area contributed by atoms with E-state index >= 15 is 0 Å². The van der Waals surface area contributed by atoms with Gasteiger partial charge in [-0.05, 0) is 32.4 Å². The van der Waals surface area contributed by atoms with Crippen LogP contribution in [0.1, 0.15) is 57.3 Å². The van der Waals surface area contributed by atoms with Crippen molar-refractivity contribution in [2.75, 3.05) is 11.1 Å². The predicted octanol–water partition coefficient (Wildman–Crippen LogP) is 4.85. The number of carbonyl (C=O) groups is 1. The van der Waals surface area contributed by atoms with Crippen LogP contribution in [0.15, 0.2) is 29.4 Å². The minimum absolute atomic E-state index is 0.0226. The lowest BCUT2D eigenvalue weighted by molar-refractivity contribution is -0.113. The Bertz CT molecular complexity index is 682. The van der Waals surface area contributed by atoms with Gasteiger partial charge in [0.2, 0.25) is 5.91 Å². The van der Waals surface area contributed by atoms with Crippen LogP contribution in [-0.4, -0.2) is 26.4 Å². The van der Waals surface area contributed by atoms with Gasteiger partial charge in [-0.25, -0.2) is 0 Å². The van der Waals surface area contributed by atoms with Crippen molar-refractivity contribution < 1.29 is 4.79 Å². The van der Waals surface area contributed by atoms with Crippen LogP contribution in [0.4, 0.5) is 5.69 Å². The number of rotatable bonds is 11. The van der Waals surface area contributed by atoms with Gasteiger partial charge in [-0.3, -0.25) is 4.79 Å². The molecule has 0 fully saturated rings. The maximum Gasteiger partial charge on any atom is 0.234 e. The second kappa shape index (κ2) is 11.0. The Morgan fingerprint density at radius 3 is 2.50 bits per heavy atom. The summed E-state index contributed by atoms with van der Waals surface area (Å²) in [4.78, 5) is 12.2. The van der Waals surface area contributed by atoms with Crippen molar-refractivity contribution >= 4 is 23.4 Å². The summed E-state index contributed by atoms with van der Waals surface area (Å²) < 4.78 is 2.13. The van der Waals surface area contributed by atoms with Gasteiger partial charge < -0.3 is 9.88 Å². The summed E-state index contributed by atoms with van der Waals surface area (Å²) in [5.74, 6) is 1.35. The van der Waals surface area contributed by atoms with Crippen LogP contribution in [0.25, 0.3) is 0 Å². The average Bonchev–Trinajstić information content (AvgIpc) is 3.03. The van der Waals surface area contributed by atoms with Crippen molar-refractivity contribution in [2.45, 2.75) is 71.0 Å². The first-order chi connectivity index (χ1) is 12.6. The Kier molecular flexibility index (Phi) is 8.68. The number of carbonyl (C=O) groups excluding carboxylic acids is 1. The number of amides is 1. The zero-order chi connectivity index (χ0) is 18.8. The van der Waals surface area contributed by atoms with Crippen LogP contribution in [0.3, 0.4) is 0 Å². The first-order valence-electron chi connectivity index (χ1n) is 9.55. The van der Waals surface area contributed by atoms with Crippen molar-refractivity contribution in [3.8, 4) is 0 Å². The Hall–Kier alpha value is -1.82. The van der Waals surface area contributed by atoms with Gasteiger partial charge in [0.25, 0.3) is 0 Å². The molecule has 1 aromatic carbocycles. The van der Waals surface area contributed by atoms with Crippen molar-refractivity contribution in [3.05, 3.63) is 35.7 Å². The molecule has 2 rings (SSSR count). The molecule has 5 nitrogen and oxygen atoms in total. The molecule has 0 unspecified atom stereocenters. The first kappa shape index (κ1) is 20.5. The normalized spacial score (nSPS) is 10.9. The number of anilines is 1. The molecule has 1 heterocycles. The number of hydrogen-bond donors (Lipinski definition) is 1. The monoisotopic (exact) mass is 374 g/mol. The molecule has 2 aromatic rings. The van der Waals surface area contributed by atoms with Crippen LogP contribution in [0, 0.1) is 6.92 Å². The third-order valence-electron chi connectivity index (χ3n) is 4.28. The molecule has 0 saturated carbocycles. The van der Waals surface area contributed by atoms with Crippen molar-refractivity contribution in [3.63, 3.8) is 0 Å². The van der Waals surface area contributed by atoms with Gasteiger partial charge in [0.05, 0.1) is 5.75 Å². The summed E-state index contributed by atoms with van der Waals surface area (Å²) in [5, 5.41) is 12.4. The smallest absolute Gasteiger partial charge is 0.234 e. The van der Waals surface area contributed by atoms with Crippen LogP contribution in [0.5, 0.6) is 0 Å². The fourth-order valence-corrected chi connectivity index (χ4v) is 3.60. The van der Waals surface area contributed by atoms with Gasteiger partial charge in [-0.2, -0.15) is 0 Å². The highest BCUT2D eigenvalue weighted by molar-refractivity contribution is 7.99. The van der Waals surface area contributed by atoms with Gasteiger partial charge in [0, 0.05) is 18.7 Å². The van der Waals surface area contributed by atoms with E-state index in [-0.39, 0.29) is 5.91 Å². The lowest BCUT2D eigenvalue weighted by atomic mass is 10.1. The number of nitrogens with one attached hydrogen (secondary N) is 1. The third-order valence-corrected chi connectivity index (χ3v) is 5.25. The molecule has 1 amide bonds. The number of hydrogen-bond acceptors (Lipinski definition) is 4. The fraction of sp³-hybridized carbons (Fsp3) is 0.550. The van der Waals surface area contributed by atoms with E-state index in [2.05, 4.69) is 33.9 Å². The van der Waals surface area contributed by atoms with E-state index in [0.717, 1.165) is 36.1 Å². The number of aryl methyl sites for hydroxylation is 2. The van der Waals surface area contributed by atoms with Crippen LogP contribution >= 0.6 is 11.8 Å². The Morgan fingerprint density at radius 1 is 1.08 bits per heavy atom. The van der Waals surface area contributed by atoms with Crippen LogP contribution < -0.4 is 5.32 Å². The van der Waals surface area contributed by atoms with E-state index in [1.54, 1.807) is 0 Å². The van der Waals surface area contributed by atoms with E-state index < -0.39 is 0 Å². The van der Waals surface area contributed by atoms with Gasteiger partial charge in [-0.1, -0.05) is 62.1 Å². The maximum atomic E-state index is 12.2. The SMILES string of the molecule is CCCCCCCc1nnc(SCC(=O)Nc2ccc(C)cc2)n1CC. The molecule has 1 N–H and O–H groups in total. The highest BCUT2D eigenvalue weighted by atomic mass is 32.2. The highest BCUT2D eigenvalue weighted by Gasteiger charge is 2.13. The Labute approximate surface area is 161 Å². The number of nitrogens with zero attached hydrogens (tertiary/aromatic N) is 3. The molecule has 0 aliphatic carbocycles. The standard InChI is InChI=1S/C20H30N4OS/c1-4-6-7-8-9-10-18-22-23-20(24(18)5-2)26-15-19(25)21-17-13-11-16(3)12-14-17/h11-14H,4-10,15H2,1-3H3,(H,21,25). The van der Waals surface area contributed by atoms with Crippen LogP contribution in [-0.2, 0) is 17.8 Å². The summed E-state index contributed by atoms with van der Waals surface area (Å²) >= 11 is 1.45. The zero-order valence-corrected chi connectivity index (χ0v) is 16.9. The molecule has 0 bridgehead atoms. The number of unbranched alkanes of at least 4 members (excludes halogenated alkanes) is 4. The summed E-state index contributed by atoms with van der Waals surface area (Å²) in [6.07, 6.45) is 7.20. The summed E-state index contributed by atoms with van der Waals surface area (Å²) in [5.41, 5.74) is 2.00. The molecule has 0 aliphatic heterocycles. The Balaban J connectivity index is 1.82. The minimum atomic E-state index is -0.0226. The highest BCUT2D eigenvalue weighted by Crippen LogP contribution is 2.19. The van der Waals surface area contributed by atoms with Crippen LogP contribution in [0.2, 0.25) is 0 Å². The molecule has 0 atom stereocenters. The second-order valence-electron chi connectivity index (χ2n) is 6.51. The van der Waals surface area contributed by atoms with E-state index in [1.807, 2.05) is 31.2 Å². The summed E-state index contributed by atoms with van der Waals surface area (Å²) in [6, 6.07) is 7.82. The summed E-state index contributed by atoms with van der Waals surface area (Å²) in [6.45, 7) is 7.19. The van der Waals surface area contributed by atoms with Gasteiger partial charge in [0.1, 0.15) is 5.82 Å². The average molecular weight is 375 g/mol. The molecule has 6 heteroatoms. The molecule has 0 saturated heterocycles. The molecule has 0 aliphatic rings. The number of thioether (sulfide) groups is 1. The predicted molar refractivity (Wildman–Crippen MR) is 109 cm³/mol. The van der Waals surface area contributed by atoms with Crippen molar-refractivity contribution in [2.24, 2.45) is 0 Å². The maximum absolute atomic E-state index is 12.2. The van der Waals surface area contributed by atoms with E-state index in [0.29, 0.717) is 5.75 Å². The lowest BCUT2D eigenvalue weighted by Crippen LogP contribution is -2.14. The molecule has 0 spiro atoms. The molecule has 1 aromatic heterocycles. The third kappa shape index (κ3) is 6.48. The molecule has 142 valence electrons. The molecule has 26 heavy (non-hydrogen) atoms. The quantitative estimate of drug-likeness (QED) is 0.451. The molecular weight excluding hydrogens is 344 g/mol. The molecule has 0 radical (unpaired) electrons. The minimum Gasteiger partial charge on any atom is -0.325 e. The van der Waals surface area contributed by atoms with E-state index in [9.17, 15) is 4.79 Å². The second-order valence-corrected chi connectivity index (χ2v) is 7.45. The lowest BCUT2D eigenvalue weighted by Gasteiger charge is -2.08. The summed E-state index contributed by atoms with van der Waals surface area (Å²) in [7, 11) is 0. The van der Waals surface area contributed by atoms with E-state index in [1.165, 1.54) is 43.0 Å². The van der Waals surface area contributed by atoms with Gasteiger partial charge >= 0.3 is 0 Å². The first-order valence-corrected chi connectivity index (χ1v) is 10.5. The van der Waals surface area contributed by atoms with E-state index in [4.69, 9.17) is 0 Å². The number of benzene rings is 1. The zero-order valence-electron chi connectivity index (χ0n) is 16.1. The largest absolute Gasteiger partial charge is 0.325 e. The van der Waals surface area contributed by atoms with Gasteiger partial charge in [0.15, 0.2) is 5.16 Å². The Morgan fingerprint density at radius 2 is 1.81 bits per heavy atom. The van der Waals surface area contributed by atoms with Gasteiger partial charge in [-0.15, -0.1) is 10.2 Å². The number of aromatic nitrogens is 3. The van der Waals surface area contributed by atoms with Crippen molar-refractivity contribution in [1.82, 2.24) is 14.8 Å².